The lowest BCUT2D eigenvalue weighted by Gasteiger charge is -2.22. The van der Waals surface area contributed by atoms with Crippen LogP contribution in [0.15, 0.2) is 18.2 Å². The minimum Gasteiger partial charge on any atom is -0.494 e. The Labute approximate surface area is 114 Å². The van der Waals surface area contributed by atoms with Crippen molar-refractivity contribution in [2.45, 2.75) is 12.4 Å². The van der Waals surface area contributed by atoms with Gasteiger partial charge in [0.1, 0.15) is 5.75 Å². The molecule has 0 saturated carbocycles. The third-order valence-electron chi connectivity index (χ3n) is 2.40. The first kappa shape index (κ1) is 16.9. The smallest absolute Gasteiger partial charge is 0.409 e. The highest BCUT2D eigenvalue weighted by Crippen LogP contribution is 2.40. The predicted molar refractivity (Wildman–Crippen MR) is 61.6 cm³/mol. The van der Waals surface area contributed by atoms with Gasteiger partial charge >= 0.3 is 12.4 Å². The Morgan fingerprint density at radius 3 is 2.14 bits per heavy atom. The van der Waals surface area contributed by atoms with Crippen molar-refractivity contribution in [1.29, 1.82) is 0 Å². The lowest BCUT2D eigenvalue weighted by Crippen LogP contribution is -2.45. The summed E-state index contributed by atoms with van der Waals surface area (Å²) in [6, 6.07) is 3.37. The van der Waals surface area contributed by atoms with Crippen molar-refractivity contribution >= 4 is 17.3 Å². The lowest BCUT2D eigenvalue weighted by molar-refractivity contribution is -0.272. The maximum absolute atomic E-state index is 12.4. The van der Waals surface area contributed by atoms with Crippen LogP contribution in [-0.4, -0.2) is 25.4 Å². The van der Waals surface area contributed by atoms with E-state index in [-0.39, 0.29) is 17.1 Å². The highest BCUT2D eigenvalue weighted by molar-refractivity contribution is 5.95. The summed E-state index contributed by atoms with van der Waals surface area (Å²) in [4.78, 5) is 11.3. The molecule has 0 radical (unpaired) electrons. The van der Waals surface area contributed by atoms with Gasteiger partial charge in [-0.05, 0) is 12.1 Å². The van der Waals surface area contributed by atoms with E-state index in [0.29, 0.717) is 0 Å². The number of amides is 1. The van der Waals surface area contributed by atoms with Gasteiger partial charge in [0.15, 0.2) is 0 Å². The Bertz CT molecular complexity index is 512. The zero-order chi connectivity index (χ0) is 16.4. The number of carbonyl (C=O) groups excluding carboxylic acids is 1. The quantitative estimate of drug-likeness (QED) is 0.665. The number of halogens is 6. The van der Waals surface area contributed by atoms with Crippen LogP contribution in [0.4, 0.5) is 37.7 Å². The summed E-state index contributed by atoms with van der Waals surface area (Å²) < 4.78 is 79.0. The number of carbonyl (C=O) groups is 1. The number of nitrogens with two attached hydrogens (primary N) is 1. The van der Waals surface area contributed by atoms with E-state index < -0.39 is 24.2 Å². The Morgan fingerprint density at radius 1 is 1.19 bits per heavy atom. The molecule has 0 aliphatic rings. The van der Waals surface area contributed by atoms with Gasteiger partial charge in [-0.1, -0.05) is 0 Å². The number of hydrogen-bond acceptors (Lipinski definition) is 3. The number of benzene rings is 1. The molecule has 10 heteroatoms. The van der Waals surface area contributed by atoms with Gasteiger partial charge in [0, 0.05) is 11.8 Å². The molecule has 0 unspecified atom stereocenters. The molecule has 0 aliphatic heterocycles. The van der Waals surface area contributed by atoms with E-state index in [9.17, 15) is 31.1 Å². The maximum atomic E-state index is 12.4. The molecule has 0 saturated heterocycles. The molecule has 118 valence electrons. The Morgan fingerprint density at radius 2 is 1.71 bits per heavy atom. The molecule has 1 aromatic rings. The number of anilines is 2. The minimum absolute atomic E-state index is 0.160. The largest absolute Gasteiger partial charge is 0.494 e. The number of nitrogen functional groups attached to an aromatic ring is 1. The van der Waals surface area contributed by atoms with Gasteiger partial charge in [0.25, 0.3) is 0 Å². The van der Waals surface area contributed by atoms with E-state index in [0.717, 1.165) is 19.2 Å². The summed E-state index contributed by atoms with van der Waals surface area (Å²) in [6.45, 7) is 0. The summed E-state index contributed by atoms with van der Waals surface area (Å²) in [7, 11) is 1.12. The number of rotatable bonds is 3. The van der Waals surface area contributed by atoms with Crippen molar-refractivity contribution < 1.29 is 35.9 Å². The molecule has 0 spiro atoms. The summed E-state index contributed by atoms with van der Waals surface area (Å²) in [5, 5.41) is 1.54. The zero-order valence-electron chi connectivity index (χ0n) is 10.5. The Hall–Kier alpha value is -2.13. The van der Waals surface area contributed by atoms with Gasteiger partial charge in [-0.3, -0.25) is 4.79 Å². The van der Waals surface area contributed by atoms with Crippen LogP contribution < -0.4 is 15.8 Å². The fraction of sp³-hybridized carbons (Fsp3) is 0.364. The number of ether oxygens (including phenoxy) is 1. The monoisotopic (exact) mass is 316 g/mol. The van der Waals surface area contributed by atoms with Gasteiger partial charge in [0.05, 0.1) is 12.8 Å². The molecule has 1 rings (SSSR count). The van der Waals surface area contributed by atoms with E-state index in [1.54, 1.807) is 5.32 Å². The zero-order valence-corrected chi connectivity index (χ0v) is 10.5. The Kier molecular flexibility index (Phi) is 4.59. The van der Waals surface area contributed by atoms with Crippen molar-refractivity contribution in [3.8, 4) is 5.75 Å². The maximum Gasteiger partial charge on any atom is 0.409 e. The van der Waals surface area contributed by atoms with Gasteiger partial charge in [0.2, 0.25) is 11.8 Å². The molecule has 0 aliphatic carbocycles. The highest BCUT2D eigenvalue weighted by atomic mass is 19.4. The summed E-state index contributed by atoms with van der Waals surface area (Å²) >= 11 is 0. The van der Waals surface area contributed by atoms with Crippen LogP contribution in [0.5, 0.6) is 5.75 Å². The standard InChI is InChI=1S/C11H10F6N2O2/c1-21-7-4-5(18)2-3-6(7)19-9(20)8(10(12,13)14)11(15,16)17/h2-4,8H,18H2,1H3,(H,19,20). The Balaban J connectivity index is 3.09. The molecule has 1 aromatic carbocycles. The van der Waals surface area contributed by atoms with Crippen LogP contribution in [0.1, 0.15) is 0 Å². The molecular formula is C11H10F6N2O2. The first-order valence-electron chi connectivity index (χ1n) is 5.34. The minimum atomic E-state index is -5.76. The molecule has 0 bridgehead atoms. The van der Waals surface area contributed by atoms with Gasteiger partial charge < -0.3 is 15.8 Å². The predicted octanol–water partition coefficient (Wildman–Crippen LogP) is 2.96. The van der Waals surface area contributed by atoms with E-state index in [1.807, 2.05) is 0 Å². The normalized spacial score (nSPS) is 12.4. The second kappa shape index (κ2) is 5.70. The van der Waals surface area contributed by atoms with E-state index in [1.165, 1.54) is 6.07 Å². The van der Waals surface area contributed by atoms with Gasteiger partial charge in [-0.2, -0.15) is 26.3 Å². The van der Waals surface area contributed by atoms with Crippen molar-refractivity contribution in [2.75, 3.05) is 18.2 Å². The summed E-state index contributed by atoms with van der Waals surface area (Å²) in [5.41, 5.74) is 5.19. The van der Waals surface area contributed by atoms with Crippen LogP contribution in [0.25, 0.3) is 0 Å². The molecule has 0 fully saturated rings. The average molecular weight is 316 g/mol. The number of methoxy groups -OCH3 is 1. The third-order valence-corrected chi connectivity index (χ3v) is 2.40. The topological polar surface area (TPSA) is 64.3 Å². The number of alkyl halides is 6. The van der Waals surface area contributed by atoms with Gasteiger partial charge in [-0.25, -0.2) is 0 Å². The number of hydrogen-bond donors (Lipinski definition) is 2. The van der Waals surface area contributed by atoms with Crippen molar-refractivity contribution in [1.82, 2.24) is 0 Å². The van der Waals surface area contributed by atoms with Crippen LogP contribution in [0.3, 0.4) is 0 Å². The van der Waals surface area contributed by atoms with Crippen LogP contribution in [0, 0.1) is 5.92 Å². The van der Waals surface area contributed by atoms with Crippen LogP contribution in [-0.2, 0) is 4.79 Å². The van der Waals surface area contributed by atoms with E-state index in [2.05, 4.69) is 0 Å². The number of nitrogens with one attached hydrogen (secondary N) is 1. The highest BCUT2D eigenvalue weighted by Gasteiger charge is 2.61. The van der Waals surface area contributed by atoms with Crippen molar-refractivity contribution in [3.05, 3.63) is 18.2 Å². The first-order valence-corrected chi connectivity index (χ1v) is 5.34. The molecular weight excluding hydrogens is 306 g/mol. The average Bonchev–Trinajstić information content (AvgIpc) is 2.27. The second-order valence-electron chi connectivity index (χ2n) is 3.97. The SMILES string of the molecule is COc1cc(N)ccc1NC(=O)C(C(F)(F)F)C(F)(F)F. The molecule has 0 heterocycles. The van der Waals surface area contributed by atoms with Crippen molar-refractivity contribution in [3.63, 3.8) is 0 Å². The van der Waals surface area contributed by atoms with Crippen molar-refractivity contribution in [2.24, 2.45) is 5.92 Å². The third kappa shape index (κ3) is 4.17. The molecule has 0 atom stereocenters. The molecule has 21 heavy (non-hydrogen) atoms. The fourth-order valence-corrected chi connectivity index (χ4v) is 1.50. The van der Waals surface area contributed by atoms with Crippen LogP contribution in [0.2, 0.25) is 0 Å². The molecule has 4 nitrogen and oxygen atoms in total. The fourth-order valence-electron chi connectivity index (χ4n) is 1.50. The second-order valence-corrected chi connectivity index (χ2v) is 3.97. The summed E-state index contributed by atoms with van der Waals surface area (Å²) in [6.07, 6.45) is -11.5. The molecule has 0 aromatic heterocycles. The lowest BCUT2D eigenvalue weighted by atomic mass is 10.1. The first-order chi connectivity index (χ1) is 9.46. The van der Waals surface area contributed by atoms with Gasteiger partial charge in [-0.15, -0.1) is 0 Å². The van der Waals surface area contributed by atoms with Crippen LogP contribution >= 0.6 is 0 Å². The molecule has 3 N–H and O–H groups in total. The van der Waals surface area contributed by atoms with E-state index >= 15 is 0 Å². The summed E-state index contributed by atoms with van der Waals surface area (Å²) in [5.74, 6) is -6.54. The molecule has 1 amide bonds. The van der Waals surface area contributed by atoms with E-state index in [4.69, 9.17) is 10.5 Å².